The molecule has 28 heavy (non-hydrogen) atoms. The SMILES string of the molecule is CCC1COC(c2cc(C(=O)OC)ccc2-c2cc(OC)ccc2F)C1(C)C. The van der Waals surface area contributed by atoms with Gasteiger partial charge in [0, 0.05) is 11.0 Å². The van der Waals surface area contributed by atoms with Crippen LogP contribution in [-0.2, 0) is 9.47 Å². The average Bonchev–Trinajstić information content (AvgIpc) is 3.01. The van der Waals surface area contributed by atoms with Crippen molar-refractivity contribution in [3.05, 3.63) is 53.3 Å². The lowest BCUT2D eigenvalue weighted by molar-refractivity contribution is 0.0589. The molecule has 2 unspecified atom stereocenters. The zero-order valence-electron chi connectivity index (χ0n) is 17.0. The Hall–Kier alpha value is -2.40. The molecule has 0 spiro atoms. The summed E-state index contributed by atoms with van der Waals surface area (Å²) in [5.41, 5.74) is 2.16. The van der Waals surface area contributed by atoms with Crippen LogP contribution in [0.2, 0.25) is 0 Å². The molecule has 2 aromatic carbocycles. The van der Waals surface area contributed by atoms with Gasteiger partial charge in [0.1, 0.15) is 11.6 Å². The first-order chi connectivity index (χ1) is 13.3. The highest BCUT2D eigenvalue weighted by Crippen LogP contribution is 2.51. The molecule has 2 atom stereocenters. The van der Waals surface area contributed by atoms with Crippen molar-refractivity contribution in [3.63, 3.8) is 0 Å². The van der Waals surface area contributed by atoms with E-state index in [9.17, 15) is 9.18 Å². The minimum Gasteiger partial charge on any atom is -0.497 e. The first-order valence-electron chi connectivity index (χ1n) is 9.51. The van der Waals surface area contributed by atoms with E-state index in [-0.39, 0.29) is 17.3 Å². The number of halogens is 1. The molecular weight excluding hydrogens is 359 g/mol. The Balaban J connectivity index is 2.20. The quantitative estimate of drug-likeness (QED) is 0.645. The molecule has 4 nitrogen and oxygen atoms in total. The molecule has 1 aliphatic heterocycles. The molecule has 2 aromatic rings. The minimum atomic E-state index is -0.429. The topological polar surface area (TPSA) is 44.8 Å². The van der Waals surface area contributed by atoms with E-state index in [1.165, 1.54) is 13.2 Å². The van der Waals surface area contributed by atoms with Gasteiger partial charge in [0.15, 0.2) is 0 Å². The summed E-state index contributed by atoms with van der Waals surface area (Å²) in [5, 5.41) is 0. The normalized spacial score (nSPS) is 20.8. The maximum atomic E-state index is 14.7. The monoisotopic (exact) mass is 386 g/mol. The Morgan fingerprint density at radius 3 is 2.54 bits per heavy atom. The molecule has 3 rings (SSSR count). The summed E-state index contributed by atoms with van der Waals surface area (Å²) in [6, 6.07) is 9.84. The highest BCUT2D eigenvalue weighted by Gasteiger charge is 2.45. The molecule has 0 aliphatic carbocycles. The summed E-state index contributed by atoms with van der Waals surface area (Å²) in [7, 11) is 2.90. The molecule has 1 aliphatic rings. The summed E-state index contributed by atoms with van der Waals surface area (Å²) in [6.07, 6.45) is 0.728. The van der Waals surface area contributed by atoms with Gasteiger partial charge >= 0.3 is 5.97 Å². The number of ether oxygens (including phenoxy) is 3. The van der Waals surface area contributed by atoms with E-state index < -0.39 is 5.97 Å². The van der Waals surface area contributed by atoms with Crippen LogP contribution in [0.3, 0.4) is 0 Å². The van der Waals surface area contributed by atoms with Crippen LogP contribution in [0.25, 0.3) is 11.1 Å². The van der Waals surface area contributed by atoms with Crippen LogP contribution in [0.1, 0.15) is 49.2 Å². The van der Waals surface area contributed by atoms with Crippen molar-refractivity contribution in [2.24, 2.45) is 11.3 Å². The summed E-state index contributed by atoms with van der Waals surface area (Å²) in [6.45, 7) is 7.10. The maximum absolute atomic E-state index is 14.7. The van der Waals surface area contributed by atoms with Gasteiger partial charge in [0.25, 0.3) is 0 Å². The van der Waals surface area contributed by atoms with Crippen LogP contribution in [0, 0.1) is 17.2 Å². The third-order valence-electron chi connectivity index (χ3n) is 5.90. The predicted octanol–water partition coefficient (Wildman–Crippen LogP) is 5.41. The number of carbonyl (C=O) groups is 1. The molecule has 1 fully saturated rings. The third-order valence-corrected chi connectivity index (χ3v) is 5.90. The molecule has 0 saturated carbocycles. The third kappa shape index (κ3) is 3.51. The van der Waals surface area contributed by atoms with E-state index >= 15 is 0 Å². The molecule has 150 valence electrons. The van der Waals surface area contributed by atoms with Crippen LogP contribution < -0.4 is 4.74 Å². The van der Waals surface area contributed by atoms with Gasteiger partial charge in [-0.05, 0) is 47.4 Å². The molecular formula is C23H27FO4. The van der Waals surface area contributed by atoms with Crippen molar-refractivity contribution in [3.8, 4) is 16.9 Å². The summed E-state index contributed by atoms with van der Waals surface area (Å²) in [5.74, 6) is 0.164. The second-order valence-corrected chi connectivity index (χ2v) is 7.78. The van der Waals surface area contributed by atoms with Gasteiger partial charge in [-0.25, -0.2) is 9.18 Å². The largest absolute Gasteiger partial charge is 0.497 e. The van der Waals surface area contributed by atoms with E-state index in [0.29, 0.717) is 35.0 Å². The summed E-state index contributed by atoms with van der Waals surface area (Å²) >= 11 is 0. The van der Waals surface area contributed by atoms with Crippen molar-refractivity contribution >= 4 is 5.97 Å². The van der Waals surface area contributed by atoms with Gasteiger partial charge < -0.3 is 14.2 Å². The zero-order valence-corrected chi connectivity index (χ0v) is 17.0. The van der Waals surface area contributed by atoms with E-state index in [1.54, 1.807) is 37.4 Å². The number of esters is 1. The lowest BCUT2D eigenvalue weighted by Crippen LogP contribution is -2.25. The summed E-state index contributed by atoms with van der Waals surface area (Å²) in [4.78, 5) is 12.1. The van der Waals surface area contributed by atoms with Crippen LogP contribution in [-0.4, -0.2) is 26.8 Å². The number of hydrogen-bond acceptors (Lipinski definition) is 4. The van der Waals surface area contributed by atoms with Crippen LogP contribution in [0.4, 0.5) is 4.39 Å². The van der Waals surface area contributed by atoms with Gasteiger partial charge in [-0.1, -0.05) is 33.3 Å². The van der Waals surface area contributed by atoms with Crippen LogP contribution >= 0.6 is 0 Å². The number of carbonyl (C=O) groups excluding carboxylic acids is 1. The van der Waals surface area contributed by atoms with Gasteiger partial charge in [-0.15, -0.1) is 0 Å². The molecule has 0 aromatic heterocycles. The first kappa shape index (κ1) is 20.3. The highest BCUT2D eigenvalue weighted by atomic mass is 19.1. The fourth-order valence-corrected chi connectivity index (χ4v) is 4.10. The zero-order chi connectivity index (χ0) is 20.5. The minimum absolute atomic E-state index is 0.159. The summed E-state index contributed by atoms with van der Waals surface area (Å²) < 4.78 is 31.1. The number of methoxy groups -OCH3 is 2. The van der Waals surface area contributed by atoms with E-state index in [1.807, 2.05) is 0 Å². The predicted molar refractivity (Wildman–Crippen MR) is 106 cm³/mol. The number of rotatable bonds is 5. The number of hydrogen-bond donors (Lipinski definition) is 0. The first-order valence-corrected chi connectivity index (χ1v) is 9.51. The van der Waals surface area contributed by atoms with Crippen LogP contribution in [0.5, 0.6) is 5.75 Å². The molecule has 1 saturated heterocycles. The Bertz CT molecular complexity index is 875. The van der Waals surface area contributed by atoms with E-state index in [4.69, 9.17) is 14.2 Å². The fraction of sp³-hybridized carbons (Fsp3) is 0.435. The molecule has 0 N–H and O–H groups in total. The molecule has 0 amide bonds. The molecule has 0 radical (unpaired) electrons. The Labute approximate surface area is 165 Å². The van der Waals surface area contributed by atoms with Crippen molar-refractivity contribution in [1.82, 2.24) is 0 Å². The van der Waals surface area contributed by atoms with Gasteiger partial charge in [0.05, 0.1) is 32.5 Å². The van der Waals surface area contributed by atoms with Crippen molar-refractivity contribution in [2.75, 3.05) is 20.8 Å². The van der Waals surface area contributed by atoms with Crippen molar-refractivity contribution in [2.45, 2.75) is 33.3 Å². The molecule has 1 heterocycles. The number of benzene rings is 2. The van der Waals surface area contributed by atoms with Gasteiger partial charge in [-0.2, -0.15) is 0 Å². The Morgan fingerprint density at radius 1 is 1.18 bits per heavy atom. The highest BCUT2D eigenvalue weighted by molar-refractivity contribution is 5.90. The fourth-order valence-electron chi connectivity index (χ4n) is 4.10. The molecule has 5 heteroatoms. The maximum Gasteiger partial charge on any atom is 0.337 e. The Kier molecular flexibility index (Phi) is 5.75. The van der Waals surface area contributed by atoms with Gasteiger partial charge in [0.2, 0.25) is 0 Å². The van der Waals surface area contributed by atoms with Crippen LogP contribution in [0.15, 0.2) is 36.4 Å². The van der Waals surface area contributed by atoms with Gasteiger partial charge in [-0.3, -0.25) is 0 Å². The van der Waals surface area contributed by atoms with Crippen molar-refractivity contribution in [1.29, 1.82) is 0 Å². The standard InChI is InChI=1S/C23H27FO4/c1-6-15-13-28-21(23(15,2)3)19-11-14(22(25)27-5)7-9-17(19)18-12-16(26-4)8-10-20(18)24/h7-12,15,21H,6,13H2,1-5H3. The van der Waals surface area contributed by atoms with E-state index in [0.717, 1.165) is 12.0 Å². The Morgan fingerprint density at radius 2 is 1.93 bits per heavy atom. The lowest BCUT2D eigenvalue weighted by Gasteiger charge is -2.32. The van der Waals surface area contributed by atoms with Crippen molar-refractivity contribution < 1.29 is 23.4 Å². The van der Waals surface area contributed by atoms with E-state index in [2.05, 4.69) is 20.8 Å². The second kappa shape index (κ2) is 7.92. The lowest BCUT2D eigenvalue weighted by atomic mass is 9.72. The second-order valence-electron chi connectivity index (χ2n) is 7.78. The smallest absolute Gasteiger partial charge is 0.337 e. The average molecular weight is 386 g/mol. The molecule has 0 bridgehead atoms.